The maximum atomic E-state index is 12.2. The number of carbonyl (C=O) groups excluding carboxylic acids is 2. The molecule has 2 amide bonds. The third kappa shape index (κ3) is 4.79. The predicted molar refractivity (Wildman–Crippen MR) is 104 cm³/mol. The molecule has 0 aliphatic heterocycles. The minimum atomic E-state index is -0.557. The zero-order valence-corrected chi connectivity index (χ0v) is 16.0. The molecule has 0 saturated heterocycles. The number of carbonyl (C=O) groups is 2. The zero-order valence-electron chi connectivity index (χ0n) is 14.5. The Bertz CT molecular complexity index is 1020. The highest BCUT2D eigenvalue weighted by atomic mass is 35.5. The maximum Gasteiger partial charge on any atom is 0.287 e. The van der Waals surface area contributed by atoms with Gasteiger partial charge in [-0.05, 0) is 24.3 Å². The molecule has 28 heavy (non-hydrogen) atoms. The normalized spacial score (nSPS) is 10.4. The Labute approximate surface area is 169 Å². The van der Waals surface area contributed by atoms with Gasteiger partial charge in [0.25, 0.3) is 5.91 Å². The number of hydrogen-bond acceptors (Lipinski definition) is 6. The number of hydrogen-bond donors (Lipinski definition) is 2. The van der Waals surface area contributed by atoms with Crippen LogP contribution in [0.5, 0.6) is 5.88 Å². The minimum Gasteiger partial charge on any atom is -0.481 e. The van der Waals surface area contributed by atoms with Crippen molar-refractivity contribution in [3.8, 4) is 17.2 Å². The summed E-state index contributed by atoms with van der Waals surface area (Å²) in [5.74, 6) is -0.457. The molecule has 0 fully saturated rings. The summed E-state index contributed by atoms with van der Waals surface area (Å²) in [5.41, 5.74) is 0.660. The first-order chi connectivity index (χ1) is 13.5. The average Bonchev–Trinajstić information content (AvgIpc) is 3.16. The molecule has 0 bridgehead atoms. The maximum absolute atomic E-state index is 12.2. The number of anilines is 1. The lowest BCUT2D eigenvalue weighted by Gasteiger charge is -2.06. The molecule has 0 radical (unpaired) electrons. The predicted octanol–water partition coefficient (Wildman–Crippen LogP) is 3.42. The third-order valence-corrected chi connectivity index (χ3v) is 4.03. The largest absolute Gasteiger partial charge is 0.481 e. The summed E-state index contributed by atoms with van der Waals surface area (Å²) in [4.78, 5) is 32.0. The van der Waals surface area contributed by atoms with Crippen molar-refractivity contribution in [1.82, 2.24) is 15.3 Å². The Morgan fingerprint density at radius 1 is 1.14 bits per heavy atom. The summed E-state index contributed by atoms with van der Waals surface area (Å²) in [7, 11) is 1.41. The molecule has 8 nitrogen and oxygen atoms in total. The summed E-state index contributed by atoms with van der Waals surface area (Å²) in [6, 6.07) is 11.6. The van der Waals surface area contributed by atoms with Crippen molar-refractivity contribution in [1.29, 1.82) is 0 Å². The van der Waals surface area contributed by atoms with Crippen LogP contribution in [0.2, 0.25) is 10.2 Å². The van der Waals surface area contributed by atoms with Crippen molar-refractivity contribution < 1.29 is 18.7 Å². The standard InChI is InChI=1S/C18H14Cl2N4O4/c1-27-16-8-14(20)22-18(24-16)23-15(25)9-21-17(26)13-7-6-12(28-13)10-4-2-3-5-11(10)19/h2-8H,9H2,1H3,(H,21,26)(H,22,23,24,25). The smallest absolute Gasteiger partial charge is 0.287 e. The van der Waals surface area contributed by atoms with E-state index in [4.69, 9.17) is 32.4 Å². The van der Waals surface area contributed by atoms with E-state index in [0.717, 1.165) is 0 Å². The van der Waals surface area contributed by atoms with E-state index in [1.807, 2.05) is 0 Å². The fraction of sp³-hybridized carbons (Fsp3) is 0.111. The molecule has 2 N–H and O–H groups in total. The number of rotatable bonds is 6. The van der Waals surface area contributed by atoms with Crippen LogP contribution < -0.4 is 15.4 Å². The van der Waals surface area contributed by atoms with E-state index in [-0.39, 0.29) is 29.3 Å². The second kappa shape index (κ2) is 8.73. The number of ether oxygens (including phenoxy) is 1. The number of nitrogens with zero attached hydrogens (tertiary/aromatic N) is 2. The van der Waals surface area contributed by atoms with E-state index in [1.165, 1.54) is 19.2 Å². The molecule has 2 aromatic heterocycles. The van der Waals surface area contributed by atoms with Gasteiger partial charge in [-0.25, -0.2) is 4.98 Å². The van der Waals surface area contributed by atoms with Crippen LogP contribution in [0.25, 0.3) is 11.3 Å². The van der Waals surface area contributed by atoms with Crippen molar-refractivity contribution >= 4 is 41.0 Å². The number of furan rings is 1. The first-order valence-electron chi connectivity index (χ1n) is 7.97. The van der Waals surface area contributed by atoms with Gasteiger partial charge in [0.1, 0.15) is 10.9 Å². The van der Waals surface area contributed by atoms with E-state index >= 15 is 0 Å². The summed E-state index contributed by atoms with van der Waals surface area (Å²) >= 11 is 11.9. The van der Waals surface area contributed by atoms with Gasteiger partial charge in [0.05, 0.1) is 18.7 Å². The van der Waals surface area contributed by atoms with Crippen LogP contribution in [0.1, 0.15) is 10.6 Å². The fourth-order valence-corrected chi connectivity index (χ4v) is 2.64. The number of aromatic nitrogens is 2. The lowest BCUT2D eigenvalue weighted by Crippen LogP contribution is -2.33. The van der Waals surface area contributed by atoms with Crippen molar-refractivity contribution in [3.63, 3.8) is 0 Å². The van der Waals surface area contributed by atoms with E-state index in [1.54, 1.807) is 30.3 Å². The van der Waals surface area contributed by atoms with Gasteiger partial charge in [0.2, 0.25) is 17.7 Å². The quantitative estimate of drug-likeness (QED) is 0.591. The zero-order chi connectivity index (χ0) is 20.1. The second-order valence-electron chi connectivity index (χ2n) is 5.43. The summed E-state index contributed by atoms with van der Waals surface area (Å²) in [5, 5.41) is 5.46. The van der Waals surface area contributed by atoms with Crippen LogP contribution in [0.3, 0.4) is 0 Å². The number of methoxy groups -OCH3 is 1. The molecule has 0 unspecified atom stereocenters. The van der Waals surface area contributed by atoms with Crippen LogP contribution in [0.4, 0.5) is 5.95 Å². The Morgan fingerprint density at radius 3 is 2.68 bits per heavy atom. The molecule has 2 heterocycles. The van der Waals surface area contributed by atoms with E-state index < -0.39 is 11.8 Å². The summed E-state index contributed by atoms with van der Waals surface area (Å²) in [6.07, 6.45) is 0. The fourth-order valence-electron chi connectivity index (χ4n) is 2.24. The first kappa shape index (κ1) is 19.7. The van der Waals surface area contributed by atoms with Gasteiger partial charge >= 0.3 is 0 Å². The SMILES string of the molecule is COc1cc(Cl)nc(NC(=O)CNC(=O)c2ccc(-c3ccccc3Cl)o2)n1. The molecule has 0 atom stereocenters. The Kier molecular flexibility index (Phi) is 6.13. The molecule has 10 heteroatoms. The first-order valence-corrected chi connectivity index (χ1v) is 8.73. The summed E-state index contributed by atoms with van der Waals surface area (Å²) in [6.45, 7) is -0.320. The lowest BCUT2D eigenvalue weighted by atomic mass is 10.2. The molecule has 144 valence electrons. The van der Waals surface area contributed by atoms with Crippen LogP contribution in [-0.2, 0) is 4.79 Å². The lowest BCUT2D eigenvalue weighted by molar-refractivity contribution is -0.115. The molecule has 1 aromatic carbocycles. The number of benzene rings is 1. The summed E-state index contributed by atoms with van der Waals surface area (Å²) < 4.78 is 10.5. The molecular weight excluding hydrogens is 407 g/mol. The van der Waals surface area contributed by atoms with Gasteiger partial charge in [-0.2, -0.15) is 4.98 Å². The number of halogens is 2. The van der Waals surface area contributed by atoms with Gasteiger partial charge in [0, 0.05) is 11.6 Å². The highest BCUT2D eigenvalue weighted by molar-refractivity contribution is 6.33. The molecule has 0 aliphatic rings. The number of amides is 2. The molecular formula is C18H14Cl2N4O4. The van der Waals surface area contributed by atoms with Gasteiger partial charge in [0.15, 0.2) is 5.76 Å². The van der Waals surface area contributed by atoms with Crippen LogP contribution in [0.15, 0.2) is 46.9 Å². The van der Waals surface area contributed by atoms with Crippen LogP contribution in [-0.4, -0.2) is 35.4 Å². The Hall–Kier alpha value is -3.10. The number of nitrogens with one attached hydrogen (secondary N) is 2. The van der Waals surface area contributed by atoms with Gasteiger partial charge in [-0.3, -0.25) is 14.9 Å². The van der Waals surface area contributed by atoms with E-state index in [9.17, 15) is 9.59 Å². The Balaban J connectivity index is 1.59. The van der Waals surface area contributed by atoms with Crippen molar-refractivity contribution in [2.75, 3.05) is 19.0 Å². The van der Waals surface area contributed by atoms with Crippen molar-refractivity contribution in [2.24, 2.45) is 0 Å². The molecule has 3 aromatic rings. The highest BCUT2D eigenvalue weighted by Gasteiger charge is 2.15. The van der Waals surface area contributed by atoms with E-state index in [0.29, 0.717) is 16.3 Å². The molecule has 0 saturated carbocycles. The molecule has 0 aliphatic carbocycles. The van der Waals surface area contributed by atoms with Gasteiger partial charge < -0.3 is 14.5 Å². The molecule has 0 spiro atoms. The van der Waals surface area contributed by atoms with E-state index in [2.05, 4.69) is 20.6 Å². The average molecular weight is 421 g/mol. The van der Waals surface area contributed by atoms with Crippen molar-refractivity contribution in [2.45, 2.75) is 0 Å². The minimum absolute atomic E-state index is 0.0393. The Morgan fingerprint density at radius 2 is 1.93 bits per heavy atom. The third-order valence-electron chi connectivity index (χ3n) is 3.51. The monoisotopic (exact) mass is 420 g/mol. The van der Waals surface area contributed by atoms with Gasteiger partial charge in [-0.1, -0.05) is 35.3 Å². The second-order valence-corrected chi connectivity index (χ2v) is 6.23. The van der Waals surface area contributed by atoms with Crippen molar-refractivity contribution in [3.05, 3.63) is 58.4 Å². The van der Waals surface area contributed by atoms with Gasteiger partial charge in [-0.15, -0.1) is 0 Å². The van der Waals surface area contributed by atoms with Crippen LogP contribution >= 0.6 is 23.2 Å². The topological polar surface area (TPSA) is 106 Å². The highest BCUT2D eigenvalue weighted by Crippen LogP contribution is 2.28. The molecule has 3 rings (SSSR count). The van der Waals surface area contributed by atoms with Crippen LogP contribution in [0, 0.1) is 0 Å².